The van der Waals surface area contributed by atoms with Crippen LogP contribution in [0.3, 0.4) is 0 Å². The quantitative estimate of drug-likeness (QED) is 0.441. The fourth-order valence-electron chi connectivity index (χ4n) is 3.51. The lowest BCUT2D eigenvalue weighted by molar-refractivity contribution is -0.136. The van der Waals surface area contributed by atoms with Crippen LogP contribution in [0.2, 0.25) is 0 Å². The number of amides is 3. The third-order valence-electron chi connectivity index (χ3n) is 5.03. The number of hydrogen-bond donors (Lipinski definition) is 2. The van der Waals surface area contributed by atoms with Gasteiger partial charge in [-0.05, 0) is 49.3 Å². The van der Waals surface area contributed by atoms with Gasteiger partial charge in [-0.25, -0.2) is 0 Å². The van der Waals surface area contributed by atoms with E-state index in [-0.39, 0.29) is 36.6 Å². The van der Waals surface area contributed by atoms with Gasteiger partial charge in [0.1, 0.15) is 23.7 Å². The lowest BCUT2D eigenvalue weighted by Gasteiger charge is -2.24. The molecule has 3 unspecified atom stereocenters. The zero-order valence-electron chi connectivity index (χ0n) is 18.5. The van der Waals surface area contributed by atoms with Crippen LogP contribution in [-0.2, 0) is 14.4 Å². The Kier molecular flexibility index (Phi) is 11.7. The van der Waals surface area contributed by atoms with Crippen LogP contribution in [0.15, 0.2) is 24.3 Å². The smallest absolute Gasteiger partial charge is 0.244 e. The number of carbonyl (C=O) groups is 3. The summed E-state index contributed by atoms with van der Waals surface area (Å²) in [7, 11) is 7.61. The van der Waals surface area contributed by atoms with Gasteiger partial charge in [0.15, 0.2) is 0 Å². The number of thioether (sulfide) groups is 1. The van der Waals surface area contributed by atoms with Gasteiger partial charge in [0.2, 0.25) is 17.7 Å². The zero-order chi connectivity index (χ0) is 23.6. The summed E-state index contributed by atoms with van der Waals surface area (Å²) in [4.78, 5) is 38.2. The van der Waals surface area contributed by atoms with Crippen molar-refractivity contribution in [3.63, 3.8) is 0 Å². The van der Waals surface area contributed by atoms with E-state index in [9.17, 15) is 14.4 Å². The Labute approximate surface area is 201 Å². The summed E-state index contributed by atoms with van der Waals surface area (Å²) in [5.41, 5.74) is 0.586. The minimum atomic E-state index is -0.555. The summed E-state index contributed by atoms with van der Waals surface area (Å²) in [6.07, 6.45) is 7.76. The molecule has 0 spiro atoms. The third kappa shape index (κ3) is 10.8. The first kappa shape index (κ1) is 27.3. The van der Waals surface area contributed by atoms with Crippen molar-refractivity contribution < 1.29 is 19.1 Å². The number of anilines is 1. The fourth-order valence-corrected chi connectivity index (χ4v) is 4.35. The van der Waals surface area contributed by atoms with Crippen molar-refractivity contribution in [2.45, 2.75) is 36.9 Å². The number of nitrogens with zero attached hydrogens (tertiary/aromatic N) is 1. The maximum Gasteiger partial charge on any atom is 0.244 e. The summed E-state index contributed by atoms with van der Waals surface area (Å²) in [6, 6.07) is 6.95. The van der Waals surface area contributed by atoms with E-state index >= 15 is 0 Å². The molecule has 0 radical (unpaired) electrons. The van der Waals surface area contributed by atoms with Crippen LogP contribution in [0.1, 0.15) is 32.1 Å². The second-order valence-electron chi connectivity index (χ2n) is 8.02. The van der Waals surface area contributed by atoms with Crippen molar-refractivity contribution in [3.05, 3.63) is 24.3 Å². The number of hydrogen-bond acceptors (Lipinski definition) is 5. The SMILES string of the molecule is CSCC(=O)N(CC(=O)NCC1CCCCC1)CC(=O)Nc1ccc(OC(P)(P)P)cc1. The van der Waals surface area contributed by atoms with E-state index in [1.54, 1.807) is 24.3 Å². The number of carbonyl (C=O) groups excluding carboxylic acids is 3. The van der Waals surface area contributed by atoms with Crippen LogP contribution in [0.4, 0.5) is 5.69 Å². The highest BCUT2D eigenvalue weighted by Crippen LogP contribution is 2.36. The van der Waals surface area contributed by atoms with E-state index in [1.165, 1.54) is 35.9 Å². The maximum atomic E-state index is 12.5. The minimum absolute atomic E-state index is 0.120. The molecule has 1 aromatic carbocycles. The molecule has 1 aliphatic carbocycles. The van der Waals surface area contributed by atoms with Gasteiger partial charge in [0.05, 0.1) is 5.75 Å². The lowest BCUT2D eigenvalue weighted by Crippen LogP contribution is -2.45. The molecule has 0 heterocycles. The van der Waals surface area contributed by atoms with Crippen molar-refractivity contribution in [2.75, 3.05) is 37.0 Å². The van der Waals surface area contributed by atoms with Crippen molar-refractivity contribution in [1.82, 2.24) is 10.2 Å². The Balaban J connectivity index is 1.88. The molecule has 1 aliphatic rings. The molecule has 3 amide bonds. The standard InChI is InChI=1S/C21H34N3O4P3S/c1-32-14-20(27)24(12-18(25)22-11-15-5-3-2-4-6-15)13-19(26)23-16-7-9-17(10-8-16)28-21(29,30)31/h7-10,15H,2-6,11-14,29-31H2,1H3,(H,22,25)(H,23,26). The molecule has 0 aromatic heterocycles. The highest BCUT2D eigenvalue weighted by molar-refractivity contribution is 7.99. The Morgan fingerprint density at radius 3 is 2.28 bits per heavy atom. The highest BCUT2D eigenvalue weighted by atomic mass is 32.2. The van der Waals surface area contributed by atoms with Crippen molar-refractivity contribution in [3.8, 4) is 5.75 Å². The molecule has 2 rings (SSSR count). The third-order valence-corrected chi connectivity index (χ3v) is 5.92. The van der Waals surface area contributed by atoms with Crippen LogP contribution >= 0.6 is 39.5 Å². The van der Waals surface area contributed by atoms with Crippen LogP contribution in [0, 0.1) is 5.92 Å². The van der Waals surface area contributed by atoms with Crippen LogP contribution in [-0.4, -0.2) is 59.1 Å². The predicted octanol–water partition coefficient (Wildman–Crippen LogP) is 3.13. The molecule has 0 saturated heterocycles. The average molecular weight is 518 g/mol. The zero-order valence-corrected chi connectivity index (χ0v) is 22.8. The average Bonchev–Trinajstić information content (AvgIpc) is 2.73. The first-order chi connectivity index (χ1) is 15.2. The normalized spacial score (nSPS) is 14.5. The predicted molar refractivity (Wildman–Crippen MR) is 142 cm³/mol. The largest absolute Gasteiger partial charge is 0.476 e. The molecular formula is C21H34N3O4P3S. The van der Waals surface area contributed by atoms with Crippen LogP contribution < -0.4 is 15.4 Å². The maximum absolute atomic E-state index is 12.5. The second-order valence-corrected chi connectivity index (χ2v) is 13.6. The molecule has 1 fully saturated rings. The molecule has 0 aliphatic heterocycles. The van der Waals surface area contributed by atoms with Gasteiger partial charge >= 0.3 is 0 Å². The number of nitrogens with one attached hydrogen (secondary N) is 2. The van der Waals surface area contributed by atoms with E-state index in [4.69, 9.17) is 4.74 Å². The van der Waals surface area contributed by atoms with Crippen molar-refractivity contribution >= 4 is 62.9 Å². The number of rotatable bonds is 11. The molecule has 2 N–H and O–H groups in total. The first-order valence-corrected chi connectivity index (χ1v) is 13.8. The van der Waals surface area contributed by atoms with Crippen LogP contribution in [0.5, 0.6) is 5.75 Å². The summed E-state index contributed by atoms with van der Waals surface area (Å²) in [5, 5.41) is 5.71. The molecule has 1 aromatic rings. The van der Waals surface area contributed by atoms with Crippen molar-refractivity contribution in [2.24, 2.45) is 5.92 Å². The van der Waals surface area contributed by atoms with Gasteiger partial charge in [0.25, 0.3) is 0 Å². The van der Waals surface area contributed by atoms with E-state index in [0.29, 0.717) is 23.9 Å². The van der Waals surface area contributed by atoms with Gasteiger partial charge in [-0.2, -0.15) is 11.8 Å². The number of ether oxygens (including phenoxy) is 1. The Morgan fingerprint density at radius 1 is 1.06 bits per heavy atom. The summed E-state index contributed by atoms with van der Waals surface area (Å²) in [5.74, 6) is 0.556. The summed E-state index contributed by atoms with van der Waals surface area (Å²) >= 11 is 1.36. The first-order valence-electron chi connectivity index (χ1n) is 10.6. The molecule has 32 heavy (non-hydrogen) atoms. The Bertz CT molecular complexity index is 769. The Morgan fingerprint density at radius 2 is 1.69 bits per heavy atom. The summed E-state index contributed by atoms with van der Waals surface area (Å²) < 4.78 is 5.67. The molecular weight excluding hydrogens is 483 g/mol. The molecule has 0 bridgehead atoms. The van der Waals surface area contributed by atoms with E-state index in [2.05, 4.69) is 38.4 Å². The lowest BCUT2D eigenvalue weighted by atomic mass is 9.89. The monoisotopic (exact) mass is 517 g/mol. The van der Waals surface area contributed by atoms with Gasteiger partial charge in [-0.3, -0.25) is 14.4 Å². The Hall–Kier alpha value is -0.930. The van der Waals surface area contributed by atoms with Gasteiger partial charge in [-0.15, -0.1) is 0 Å². The molecule has 178 valence electrons. The molecule has 3 atom stereocenters. The highest BCUT2D eigenvalue weighted by Gasteiger charge is 2.21. The van der Waals surface area contributed by atoms with Crippen LogP contribution in [0.25, 0.3) is 0 Å². The molecule has 11 heteroatoms. The molecule has 7 nitrogen and oxygen atoms in total. The van der Waals surface area contributed by atoms with E-state index in [1.807, 2.05) is 6.26 Å². The number of benzene rings is 1. The fraction of sp³-hybridized carbons (Fsp3) is 0.571. The van der Waals surface area contributed by atoms with E-state index in [0.717, 1.165) is 12.8 Å². The van der Waals surface area contributed by atoms with E-state index < -0.39 is 4.82 Å². The van der Waals surface area contributed by atoms with Gasteiger partial charge in [0, 0.05) is 12.2 Å². The van der Waals surface area contributed by atoms with Gasteiger partial charge < -0.3 is 20.3 Å². The second kappa shape index (κ2) is 13.7. The molecule has 1 saturated carbocycles. The minimum Gasteiger partial charge on any atom is -0.476 e. The summed E-state index contributed by atoms with van der Waals surface area (Å²) in [6.45, 7) is 0.333. The van der Waals surface area contributed by atoms with Gasteiger partial charge in [-0.1, -0.05) is 47.0 Å². The van der Waals surface area contributed by atoms with Crippen molar-refractivity contribution in [1.29, 1.82) is 0 Å². The topological polar surface area (TPSA) is 87.7 Å².